The molecule has 0 aliphatic heterocycles. The van der Waals surface area contributed by atoms with Crippen molar-refractivity contribution in [1.82, 2.24) is 0 Å². The predicted molar refractivity (Wildman–Crippen MR) is 39.7 cm³/mol. The van der Waals surface area contributed by atoms with Crippen molar-refractivity contribution in [2.45, 2.75) is 27.2 Å². The van der Waals surface area contributed by atoms with E-state index in [1.807, 2.05) is 0 Å². The summed E-state index contributed by atoms with van der Waals surface area (Å²) in [5.41, 5.74) is 0.662. The van der Waals surface area contributed by atoms with E-state index in [1.54, 1.807) is 13.0 Å². The quantitative estimate of drug-likeness (QED) is 0.557. The highest BCUT2D eigenvalue weighted by atomic mass is 16.1. The molecular weight excluding hydrogens is 128 g/mol. The number of ketones is 2. The van der Waals surface area contributed by atoms with Gasteiger partial charge in [-0.2, -0.15) is 0 Å². The van der Waals surface area contributed by atoms with Crippen LogP contribution in [0.25, 0.3) is 0 Å². The lowest BCUT2D eigenvalue weighted by Gasteiger charge is -1.90. The number of rotatable bonds is 3. The smallest absolute Gasteiger partial charge is 0.155 e. The van der Waals surface area contributed by atoms with Crippen molar-refractivity contribution in [3.05, 3.63) is 11.6 Å². The molecule has 0 atom stereocenters. The van der Waals surface area contributed by atoms with Crippen molar-refractivity contribution in [3.8, 4) is 0 Å². The molecule has 0 aliphatic carbocycles. The van der Waals surface area contributed by atoms with Gasteiger partial charge in [-0.1, -0.05) is 6.08 Å². The Morgan fingerprint density at radius 2 is 1.70 bits per heavy atom. The van der Waals surface area contributed by atoms with Crippen molar-refractivity contribution in [2.75, 3.05) is 0 Å². The Morgan fingerprint density at radius 3 is 2.00 bits per heavy atom. The van der Waals surface area contributed by atoms with Gasteiger partial charge in [0.15, 0.2) is 5.78 Å². The van der Waals surface area contributed by atoms with Crippen LogP contribution in [0.2, 0.25) is 0 Å². The number of hydrogen-bond donors (Lipinski definition) is 0. The Labute approximate surface area is 60.9 Å². The maximum absolute atomic E-state index is 10.6. The van der Waals surface area contributed by atoms with E-state index < -0.39 is 0 Å². The second kappa shape index (κ2) is 3.99. The van der Waals surface area contributed by atoms with E-state index >= 15 is 0 Å². The molecule has 0 amide bonds. The van der Waals surface area contributed by atoms with Crippen molar-refractivity contribution < 1.29 is 9.59 Å². The number of Topliss-reactive ketones (excluding diaryl/α,β-unsaturated/α-hetero) is 2. The minimum atomic E-state index is 0.0289. The second-order valence-electron chi connectivity index (χ2n) is 2.35. The van der Waals surface area contributed by atoms with Gasteiger partial charge in [0.05, 0.1) is 0 Å². The predicted octanol–water partition coefficient (Wildman–Crippen LogP) is 1.50. The molecule has 2 heteroatoms. The third kappa shape index (κ3) is 4.01. The monoisotopic (exact) mass is 140 g/mol. The number of allylic oxidation sites excluding steroid dienone is 2. The molecule has 10 heavy (non-hydrogen) atoms. The van der Waals surface area contributed by atoms with Gasteiger partial charge in [-0.25, -0.2) is 0 Å². The highest BCUT2D eigenvalue weighted by molar-refractivity contribution is 5.93. The third-order valence-corrected chi connectivity index (χ3v) is 1.25. The molecule has 0 aromatic heterocycles. The van der Waals surface area contributed by atoms with Gasteiger partial charge in [0.25, 0.3) is 0 Å². The van der Waals surface area contributed by atoms with Crippen LogP contribution in [-0.2, 0) is 9.59 Å². The van der Waals surface area contributed by atoms with Gasteiger partial charge >= 0.3 is 0 Å². The van der Waals surface area contributed by atoms with Crippen molar-refractivity contribution in [3.63, 3.8) is 0 Å². The van der Waals surface area contributed by atoms with E-state index in [0.717, 1.165) is 0 Å². The van der Waals surface area contributed by atoms with Gasteiger partial charge in [0, 0.05) is 6.42 Å². The van der Waals surface area contributed by atoms with E-state index in [0.29, 0.717) is 12.0 Å². The average molecular weight is 140 g/mol. The summed E-state index contributed by atoms with van der Waals surface area (Å²) in [6.07, 6.45) is 2.02. The van der Waals surface area contributed by atoms with Crippen LogP contribution in [0.3, 0.4) is 0 Å². The van der Waals surface area contributed by atoms with E-state index in [2.05, 4.69) is 0 Å². The largest absolute Gasteiger partial charge is 0.300 e. The van der Waals surface area contributed by atoms with Crippen molar-refractivity contribution in [1.29, 1.82) is 0 Å². The third-order valence-electron chi connectivity index (χ3n) is 1.25. The molecule has 0 aromatic rings. The molecule has 56 valence electrons. The van der Waals surface area contributed by atoms with Crippen LogP contribution < -0.4 is 0 Å². The molecule has 0 radical (unpaired) electrons. The number of hydrogen-bond acceptors (Lipinski definition) is 2. The Hall–Kier alpha value is -0.920. The maximum atomic E-state index is 10.6. The Bertz CT molecular complexity index is 178. The van der Waals surface area contributed by atoms with E-state index in [4.69, 9.17) is 0 Å². The first-order valence-corrected chi connectivity index (χ1v) is 3.21. The fraction of sp³-hybridized carbons (Fsp3) is 0.500. The summed E-state index contributed by atoms with van der Waals surface area (Å²) in [6.45, 7) is 4.71. The van der Waals surface area contributed by atoms with Crippen LogP contribution >= 0.6 is 0 Å². The van der Waals surface area contributed by atoms with Crippen LogP contribution in [0.4, 0.5) is 0 Å². The van der Waals surface area contributed by atoms with Gasteiger partial charge in [0.1, 0.15) is 5.78 Å². The SMILES string of the molecule is CC(=O)C/C=C(\C)C(C)=O. The van der Waals surface area contributed by atoms with Gasteiger partial charge in [-0.3, -0.25) is 9.59 Å². The molecule has 0 N–H and O–H groups in total. The zero-order valence-electron chi connectivity index (χ0n) is 6.60. The molecule has 0 aliphatic rings. The molecule has 0 saturated heterocycles. The lowest BCUT2D eigenvalue weighted by Crippen LogP contribution is -1.93. The highest BCUT2D eigenvalue weighted by Crippen LogP contribution is 1.96. The Balaban J connectivity index is 3.92. The molecule has 0 rings (SSSR count). The normalized spacial score (nSPS) is 11.3. The van der Waals surface area contributed by atoms with Crippen LogP contribution in [0.5, 0.6) is 0 Å². The standard InChI is InChI=1S/C8H12O2/c1-6(8(3)10)4-5-7(2)9/h4H,5H2,1-3H3/b6-4+. The summed E-state index contributed by atoms with van der Waals surface area (Å²) < 4.78 is 0. The van der Waals surface area contributed by atoms with Crippen LogP contribution in [0, 0.1) is 0 Å². The van der Waals surface area contributed by atoms with Crippen LogP contribution in [0.1, 0.15) is 27.2 Å². The fourth-order valence-corrected chi connectivity index (χ4v) is 0.441. The van der Waals surface area contributed by atoms with Gasteiger partial charge in [-0.15, -0.1) is 0 Å². The summed E-state index contributed by atoms with van der Waals surface area (Å²) in [5, 5.41) is 0. The summed E-state index contributed by atoms with van der Waals surface area (Å²) in [6, 6.07) is 0. The summed E-state index contributed by atoms with van der Waals surface area (Å²) >= 11 is 0. The van der Waals surface area contributed by atoms with Crippen molar-refractivity contribution >= 4 is 11.6 Å². The van der Waals surface area contributed by atoms with Gasteiger partial charge in [-0.05, 0) is 26.3 Å². The van der Waals surface area contributed by atoms with Gasteiger partial charge in [0.2, 0.25) is 0 Å². The fourth-order valence-electron chi connectivity index (χ4n) is 0.441. The van der Waals surface area contributed by atoms with Crippen LogP contribution in [-0.4, -0.2) is 11.6 Å². The highest BCUT2D eigenvalue weighted by Gasteiger charge is 1.95. The molecule has 0 unspecified atom stereocenters. The summed E-state index contributed by atoms with van der Waals surface area (Å²) in [7, 11) is 0. The molecule has 0 fully saturated rings. The number of carbonyl (C=O) groups is 2. The van der Waals surface area contributed by atoms with E-state index in [-0.39, 0.29) is 11.6 Å². The lowest BCUT2D eigenvalue weighted by molar-refractivity contribution is -0.116. The first kappa shape index (κ1) is 9.08. The van der Waals surface area contributed by atoms with Gasteiger partial charge < -0.3 is 0 Å². The topological polar surface area (TPSA) is 34.1 Å². The first-order valence-electron chi connectivity index (χ1n) is 3.21. The molecule has 0 heterocycles. The minimum absolute atomic E-state index is 0.0289. The minimum Gasteiger partial charge on any atom is -0.300 e. The van der Waals surface area contributed by atoms with Crippen LogP contribution in [0.15, 0.2) is 11.6 Å². The Kier molecular flexibility index (Phi) is 3.62. The Morgan fingerprint density at radius 1 is 1.20 bits per heavy atom. The first-order chi connectivity index (χ1) is 4.54. The molecule has 0 saturated carbocycles. The van der Waals surface area contributed by atoms with E-state index in [1.165, 1.54) is 13.8 Å². The second-order valence-corrected chi connectivity index (χ2v) is 2.35. The molecule has 0 aromatic carbocycles. The molecule has 2 nitrogen and oxygen atoms in total. The van der Waals surface area contributed by atoms with Crippen molar-refractivity contribution in [2.24, 2.45) is 0 Å². The number of carbonyl (C=O) groups excluding carboxylic acids is 2. The molecule has 0 spiro atoms. The maximum Gasteiger partial charge on any atom is 0.155 e. The summed E-state index contributed by atoms with van der Waals surface area (Å²) in [5.74, 6) is 0.113. The lowest BCUT2D eigenvalue weighted by atomic mass is 10.1. The van der Waals surface area contributed by atoms with E-state index in [9.17, 15) is 9.59 Å². The molecule has 0 bridgehead atoms. The molecular formula is C8H12O2. The summed E-state index contributed by atoms with van der Waals surface area (Å²) in [4.78, 5) is 21.0. The average Bonchev–Trinajstić information content (AvgIpc) is 1.82. The zero-order chi connectivity index (χ0) is 8.15. The zero-order valence-corrected chi connectivity index (χ0v) is 6.60.